The number of anilines is 1. The summed E-state index contributed by atoms with van der Waals surface area (Å²) in [6.45, 7) is 3.28. The number of halogens is 1. The van der Waals surface area contributed by atoms with E-state index in [9.17, 15) is 15.2 Å². The second-order valence-corrected chi connectivity index (χ2v) is 5.35. The van der Waals surface area contributed by atoms with E-state index in [1.807, 2.05) is 6.07 Å². The highest BCUT2D eigenvalue weighted by atomic mass is 35.5. The fourth-order valence-corrected chi connectivity index (χ4v) is 2.18. The van der Waals surface area contributed by atoms with Crippen LogP contribution in [0.4, 0.5) is 11.4 Å². The van der Waals surface area contributed by atoms with Crippen LogP contribution in [0, 0.1) is 17.0 Å². The molecule has 6 heteroatoms. The molecule has 110 valence electrons. The first kappa shape index (κ1) is 15.3. The molecule has 21 heavy (non-hydrogen) atoms. The van der Waals surface area contributed by atoms with E-state index in [0.29, 0.717) is 16.1 Å². The van der Waals surface area contributed by atoms with E-state index in [4.69, 9.17) is 11.6 Å². The Labute approximate surface area is 127 Å². The molecule has 0 bridgehead atoms. The van der Waals surface area contributed by atoms with Crippen molar-refractivity contribution in [3.8, 4) is 0 Å². The minimum Gasteiger partial charge on any atom is -0.367 e. The van der Waals surface area contributed by atoms with Crippen molar-refractivity contribution in [3.63, 3.8) is 0 Å². The molecule has 0 saturated heterocycles. The predicted molar refractivity (Wildman–Crippen MR) is 82.5 cm³/mol. The summed E-state index contributed by atoms with van der Waals surface area (Å²) >= 11 is 5.92. The Balaban J connectivity index is 2.43. The number of nitrogens with one attached hydrogen (secondary N) is 1. The molecule has 2 N–H and O–H groups in total. The van der Waals surface area contributed by atoms with Gasteiger partial charge in [-0.2, -0.15) is 0 Å². The first-order valence-corrected chi connectivity index (χ1v) is 6.69. The van der Waals surface area contributed by atoms with Crippen LogP contribution in [0.5, 0.6) is 0 Å². The second-order valence-electron chi connectivity index (χ2n) is 4.94. The summed E-state index contributed by atoms with van der Waals surface area (Å²) < 4.78 is 0. The number of hydrogen-bond acceptors (Lipinski definition) is 4. The van der Waals surface area contributed by atoms with E-state index in [0.717, 1.165) is 0 Å². The number of aryl methyl sites for hydroxylation is 1. The molecule has 2 aromatic carbocycles. The molecule has 0 heterocycles. The lowest BCUT2D eigenvalue weighted by atomic mass is 10.0. The highest BCUT2D eigenvalue weighted by Crippen LogP contribution is 2.34. The summed E-state index contributed by atoms with van der Waals surface area (Å²) in [5.74, 6) is 0. The molecule has 0 aliphatic heterocycles. The van der Waals surface area contributed by atoms with Gasteiger partial charge in [-0.25, -0.2) is 0 Å². The lowest BCUT2D eigenvalue weighted by Gasteiger charge is -2.26. The van der Waals surface area contributed by atoms with Crippen LogP contribution in [0.25, 0.3) is 0 Å². The van der Waals surface area contributed by atoms with Crippen molar-refractivity contribution >= 4 is 23.0 Å². The maximum Gasteiger partial charge on any atom is 0.293 e. The van der Waals surface area contributed by atoms with E-state index in [1.165, 1.54) is 13.0 Å². The quantitative estimate of drug-likeness (QED) is 0.511. The highest BCUT2D eigenvalue weighted by Gasteiger charge is 2.26. The van der Waals surface area contributed by atoms with Gasteiger partial charge in [-0.1, -0.05) is 41.9 Å². The number of rotatable bonds is 4. The van der Waals surface area contributed by atoms with Crippen molar-refractivity contribution in [2.24, 2.45) is 0 Å². The Kier molecular flexibility index (Phi) is 4.16. The predicted octanol–water partition coefficient (Wildman–Crippen LogP) is 3.83. The summed E-state index contributed by atoms with van der Waals surface area (Å²) in [5.41, 5.74) is -0.107. The molecule has 0 amide bonds. The van der Waals surface area contributed by atoms with Crippen LogP contribution in [-0.4, -0.2) is 10.0 Å². The number of nitro benzene ring substituents is 1. The van der Waals surface area contributed by atoms with E-state index < -0.39 is 10.6 Å². The first-order valence-electron chi connectivity index (χ1n) is 6.32. The molecule has 5 nitrogen and oxygen atoms in total. The van der Waals surface area contributed by atoms with E-state index in [2.05, 4.69) is 5.32 Å². The van der Waals surface area contributed by atoms with Gasteiger partial charge in [0.15, 0.2) is 5.72 Å². The molecular weight excluding hydrogens is 292 g/mol. The van der Waals surface area contributed by atoms with E-state index >= 15 is 0 Å². The summed E-state index contributed by atoms with van der Waals surface area (Å²) in [4.78, 5) is 10.6. The average molecular weight is 307 g/mol. The molecule has 0 fully saturated rings. The number of hydrogen-bond donors (Lipinski definition) is 2. The normalized spacial score (nSPS) is 13.5. The lowest BCUT2D eigenvalue weighted by molar-refractivity contribution is -0.384. The number of benzene rings is 2. The lowest BCUT2D eigenvalue weighted by Crippen LogP contribution is -2.31. The Hall–Kier alpha value is -2.11. The van der Waals surface area contributed by atoms with Crippen LogP contribution < -0.4 is 5.32 Å². The topological polar surface area (TPSA) is 75.4 Å². The minimum atomic E-state index is -1.44. The highest BCUT2D eigenvalue weighted by molar-refractivity contribution is 6.31. The summed E-state index contributed by atoms with van der Waals surface area (Å²) in [7, 11) is 0. The summed E-state index contributed by atoms with van der Waals surface area (Å²) in [6.07, 6.45) is 0. The van der Waals surface area contributed by atoms with Gasteiger partial charge < -0.3 is 10.4 Å². The molecule has 2 aromatic rings. The molecule has 0 spiro atoms. The van der Waals surface area contributed by atoms with Gasteiger partial charge in [0.25, 0.3) is 5.69 Å². The van der Waals surface area contributed by atoms with Gasteiger partial charge >= 0.3 is 0 Å². The SMILES string of the molecule is Cc1cc(NC(C)(O)c2ccccc2)c([N+](=O)[O-])cc1Cl. The van der Waals surface area contributed by atoms with Crippen LogP contribution >= 0.6 is 11.6 Å². The van der Waals surface area contributed by atoms with Gasteiger partial charge in [0, 0.05) is 11.6 Å². The van der Waals surface area contributed by atoms with Crippen molar-refractivity contribution in [1.29, 1.82) is 0 Å². The van der Waals surface area contributed by atoms with Crippen LogP contribution in [0.1, 0.15) is 18.1 Å². The molecule has 0 radical (unpaired) electrons. The van der Waals surface area contributed by atoms with Gasteiger partial charge in [0.05, 0.1) is 9.95 Å². The van der Waals surface area contributed by atoms with Crippen molar-refractivity contribution in [2.45, 2.75) is 19.6 Å². The Morgan fingerprint density at radius 1 is 1.29 bits per heavy atom. The summed E-state index contributed by atoms with van der Waals surface area (Å²) in [6, 6.07) is 11.7. The average Bonchev–Trinajstić information content (AvgIpc) is 2.43. The summed E-state index contributed by atoms with van der Waals surface area (Å²) in [5, 5.41) is 24.8. The Morgan fingerprint density at radius 3 is 2.48 bits per heavy atom. The zero-order valence-corrected chi connectivity index (χ0v) is 12.4. The molecule has 0 aromatic heterocycles. The van der Waals surface area contributed by atoms with Crippen molar-refractivity contribution < 1.29 is 10.0 Å². The smallest absolute Gasteiger partial charge is 0.293 e. The van der Waals surface area contributed by atoms with Gasteiger partial charge in [0.1, 0.15) is 5.69 Å². The van der Waals surface area contributed by atoms with Crippen LogP contribution in [0.3, 0.4) is 0 Å². The van der Waals surface area contributed by atoms with Gasteiger partial charge in [0.2, 0.25) is 0 Å². The molecule has 1 unspecified atom stereocenters. The Morgan fingerprint density at radius 2 is 1.90 bits per heavy atom. The zero-order chi connectivity index (χ0) is 15.6. The molecule has 0 aliphatic carbocycles. The molecule has 2 rings (SSSR count). The third-order valence-electron chi connectivity index (χ3n) is 3.19. The minimum absolute atomic E-state index is 0.179. The zero-order valence-electron chi connectivity index (χ0n) is 11.6. The van der Waals surface area contributed by atoms with Crippen molar-refractivity contribution in [2.75, 3.05) is 5.32 Å². The van der Waals surface area contributed by atoms with Crippen molar-refractivity contribution in [1.82, 2.24) is 0 Å². The van der Waals surface area contributed by atoms with Gasteiger partial charge in [-0.15, -0.1) is 0 Å². The van der Waals surface area contributed by atoms with Crippen LogP contribution in [0.2, 0.25) is 5.02 Å². The monoisotopic (exact) mass is 306 g/mol. The standard InChI is InChI=1S/C15H15ClN2O3/c1-10-8-13(14(18(20)21)9-12(10)16)17-15(2,19)11-6-4-3-5-7-11/h3-9,17,19H,1-2H3. The fourth-order valence-electron chi connectivity index (χ4n) is 2.02. The fraction of sp³-hybridized carbons (Fsp3) is 0.200. The number of nitrogens with zero attached hydrogens (tertiary/aromatic N) is 1. The van der Waals surface area contributed by atoms with Crippen LogP contribution in [-0.2, 0) is 5.72 Å². The maximum absolute atomic E-state index is 11.1. The number of aliphatic hydroxyl groups is 1. The molecular formula is C15H15ClN2O3. The van der Waals surface area contributed by atoms with E-state index in [-0.39, 0.29) is 11.4 Å². The Bertz CT molecular complexity index is 672. The molecule has 1 atom stereocenters. The maximum atomic E-state index is 11.1. The first-order chi connectivity index (χ1) is 9.81. The van der Waals surface area contributed by atoms with Crippen LogP contribution in [0.15, 0.2) is 42.5 Å². The van der Waals surface area contributed by atoms with Crippen molar-refractivity contribution in [3.05, 3.63) is 68.7 Å². The number of nitro groups is 1. The van der Waals surface area contributed by atoms with E-state index in [1.54, 1.807) is 37.3 Å². The molecule has 0 saturated carbocycles. The second kappa shape index (κ2) is 5.71. The van der Waals surface area contributed by atoms with Gasteiger partial charge in [-0.05, 0) is 25.5 Å². The third kappa shape index (κ3) is 3.32. The van der Waals surface area contributed by atoms with Gasteiger partial charge in [-0.3, -0.25) is 10.1 Å². The largest absolute Gasteiger partial charge is 0.367 e. The third-order valence-corrected chi connectivity index (χ3v) is 3.59. The molecule has 0 aliphatic rings.